The van der Waals surface area contributed by atoms with Crippen LogP contribution in [0.15, 0.2) is 60.0 Å². The van der Waals surface area contributed by atoms with Crippen LogP contribution >= 0.6 is 11.3 Å². The van der Waals surface area contributed by atoms with Crippen molar-refractivity contribution in [2.75, 3.05) is 44.2 Å². The third-order valence-electron chi connectivity index (χ3n) is 5.87. The van der Waals surface area contributed by atoms with Gasteiger partial charge < -0.3 is 9.80 Å². The van der Waals surface area contributed by atoms with E-state index in [-0.39, 0.29) is 11.8 Å². The summed E-state index contributed by atoms with van der Waals surface area (Å²) in [5, 5.41) is 3.18. The van der Waals surface area contributed by atoms with Gasteiger partial charge in [-0.2, -0.15) is 0 Å². The van der Waals surface area contributed by atoms with Gasteiger partial charge in [-0.05, 0) is 12.1 Å². The maximum Gasteiger partial charge on any atom is 0.261 e. The SMILES string of the molecule is O=C1c2ccccc2C(=O)N1CC[NH+]1CCN(c2nc(-c3ccccc3)cs2)CC1. The molecule has 3 aromatic rings. The number of nitrogens with zero attached hydrogens (tertiary/aromatic N) is 3. The van der Waals surface area contributed by atoms with Crippen LogP contribution in [0, 0.1) is 0 Å². The number of anilines is 1. The minimum Gasteiger partial charge on any atom is -0.337 e. The number of piperazine rings is 1. The van der Waals surface area contributed by atoms with Gasteiger partial charge in [-0.3, -0.25) is 14.5 Å². The van der Waals surface area contributed by atoms with Crippen molar-refractivity contribution in [1.29, 1.82) is 0 Å². The molecule has 0 aliphatic carbocycles. The molecule has 5 rings (SSSR count). The molecule has 2 amide bonds. The van der Waals surface area contributed by atoms with Crippen molar-refractivity contribution in [3.8, 4) is 11.3 Å². The second kappa shape index (κ2) is 8.01. The van der Waals surface area contributed by atoms with Crippen LogP contribution in [0.5, 0.6) is 0 Å². The molecule has 7 heteroatoms. The van der Waals surface area contributed by atoms with Gasteiger partial charge >= 0.3 is 0 Å². The fourth-order valence-electron chi connectivity index (χ4n) is 4.13. The van der Waals surface area contributed by atoms with E-state index in [1.807, 2.05) is 18.2 Å². The van der Waals surface area contributed by atoms with E-state index in [1.165, 1.54) is 9.80 Å². The van der Waals surface area contributed by atoms with Gasteiger partial charge in [0.15, 0.2) is 5.13 Å². The highest BCUT2D eigenvalue weighted by Gasteiger charge is 2.35. The zero-order valence-electron chi connectivity index (χ0n) is 16.6. The molecular formula is C23H23N4O2S+. The Morgan fingerprint density at radius 1 is 0.900 bits per heavy atom. The number of rotatable bonds is 5. The van der Waals surface area contributed by atoms with Crippen molar-refractivity contribution in [2.24, 2.45) is 0 Å². The van der Waals surface area contributed by atoms with E-state index >= 15 is 0 Å². The highest BCUT2D eigenvalue weighted by Crippen LogP contribution is 2.27. The highest BCUT2D eigenvalue weighted by atomic mass is 32.1. The molecule has 2 aromatic carbocycles. The molecule has 152 valence electrons. The van der Waals surface area contributed by atoms with Gasteiger partial charge in [-0.15, -0.1) is 11.3 Å². The van der Waals surface area contributed by atoms with Crippen molar-refractivity contribution in [2.45, 2.75) is 0 Å². The summed E-state index contributed by atoms with van der Waals surface area (Å²) in [7, 11) is 0. The summed E-state index contributed by atoms with van der Waals surface area (Å²) < 4.78 is 0. The lowest BCUT2D eigenvalue weighted by Gasteiger charge is -2.32. The van der Waals surface area contributed by atoms with E-state index in [9.17, 15) is 9.59 Å². The number of quaternary nitrogens is 1. The number of fused-ring (bicyclic) bond motifs is 1. The molecular weight excluding hydrogens is 396 g/mol. The number of carbonyl (C=O) groups excluding carboxylic acids is 2. The van der Waals surface area contributed by atoms with Gasteiger partial charge in [-0.1, -0.05) is 42.5 Å². The molecule has 0 atom stereocenters. The zero-order chi connectivity index (χ0) is 20.5. The molecule has 0 saturated carbocycles. The first-order valence-electron chi connectivity index (χ1n) is 10.3. The van der Waals surface area contributed by atoms with Crippen molar-refractivity contribution in [3.05, 3.63) is 71.1 Å². The molecule has 0 radical (unpaired) electrons. The fourth-order valence-corrected chi connectivity index (χ4v) is 5.02. The lowest BCUT2D eigenvalue weighted by atomic mass is 10.1. The number of benzene rings is 2. The number of hydrogen-bond acceptors (Lipinski definition) is 5. The molecule has 30 heavy (non-hydrogen) atoms. The number of imide groups is 1. The zero-order valence-corrected chi connectivity index (χ0v) is 17.4. The number of hydrogen-bond donors (Lipinski definition) is 1. The predicted molar refractivity (Wildman–Crippen MR) is 117 cm³/mol. The normalized spacial score (nSPS) is 16.9. The number of thiazole rings is 1. The number of aromatic nitrogens is 1. The Morgan fingerprint density at radius 2 is 1.53 bits per heavy atom. The molecule has 1 aromatic heterocycles. The van der Waals surface area contributed by atoms with Gasteiger partial charge in [0.05, 0.1) is 56.1 Å². The van der Waals surface area contributed by atoms with Gasteiger partial charge in [-0.25, -0.2) is 4.98 Å². The van der Waals surface area contributed by atoms with Crippen molar-refractivity contribution in [1.82, 2.24) is 9.88 Å². The molecule has 0 bridgehead atoms. The number of nitrogens with one attached hydrogen (secondary N) is 1. The van der Waals surface area contributed by atoms with Crippen LogP contribution in [0.1, 0.15) is 20.7 Å². The van der Waals surface area contributed by atoms with Crippen LogP contribution in [0.4, 0.5) is 5.13 Å². The topological polar surface area (TPSA) is 58.0 Å². The first kappa shape index (κ1) is 19.0. The third-order valence-corrected chi connectivity index (χ3v) is 6.77. The van der Waals surface area contributed by atoms with Crippen molar-refractivity contribution < 1.29 is 14.5 Å². The molecule has 1 N–H and O–H groups in total. The summed E-state index contributed by atoms with van der Waals surface area (Å²) in [4.78, 5) is 35.0. The van der Waals surface area contributed by atoms with Crippen LogP contribution in [0.25, 0.3) is 11.3 Å². The molecule has 0 spiro atoms. The maximum atomic E-state index is 12.5. The van der Waals surface area contributed by atoms with Crippen LogP contribution in [-0.4, -0.2) is 61.0 Å². The smallest absolute Gasteiger partial charge is 0.261 e. The summed E-state index contributed by atoms with van der Waals surface area (Å²) in [6.45, 7) is 5.06. The Morgan fingerprint density at radius 3 is 2.20 bits per heavy atom. The second-order valence-corrected chi connectivity index (χ2v) is 8.51. The maximum absolute atomic E-state index is 12.5. The fraction of sp³-hybridized carbons (Fsp3) is 0.261. The minimum absolute atomic E-state index is 0.162. The Labute approximate surface area is 179 Å². The van der Waals surface area contributed by atoms with E-state index in [0.29, 0.717) is 17.7 Å². The summed E-state index contributed by atoms with van der Waals surface area (Å²) >= 11 is 1.69. The lowest BCUT2D eigenvalue weighted by Crippen LogP contribution is -3.15. The standard InChI is InChI=1S/C23H22N4O2S/c28-21-18-8-4-5-9-19(18)22(29)27(21)15-12-25-10-13-26(14-11-25)23-24-20(16-30-23)17-6-2-1-3-7-17/h1-9,16H,10-15H2/p+1. The van der Waals surface area contributed by atoms with Crippen molar-refractivity contribution in [3.63, 3.8) is 0 Å². The molecule has 6 nitrogen and oxygen atoms in total. The largest absolute Gasteiger partial charge is 0.337 e. The van der Waals surface area contributed by atoms with E-state index in [0.717, 1.165) is 49.1 Å². The van der Waals surface area contributed by atoms with Crippen LogP contribution < -0.4 is 9.80 Å². The summed E-state index contributed by atoms with van der Waals surface area (Å²) in [5.41, 5.74) is 3.22. The molecule has 2 aliphatic rings. The quantitative estimate of drug-likeness (QED) is 0.641. The van der Waals surface area contributed by atoms with E-state index in [2.05, 4.69) is 22.4 Å². The summed E-state index contributed by atoms with van der Waals surface area (Å²) in [5.74, 6) is -0.324. The molecule has 2 aliphatic heterocycles. The van der Waals surface area contributed by atoms with Gasteiger partial charge in [0.1, 0.15) is 0 Å². The van der Waals surface area contributed by atoms with E-state index < -0.39 is 0 Å². The van der Waals surface area contributed by atoms with Gasteiger partial charge in [0.25, 0.3) is 11.8 Å². The monoisotopic (exact) mass is 419 g/mol. The molecule has 3 heterocycles. The minimum atomic E-state index is -0.162. The van der Waals surface area contributed by atoms with Crippen LogP contribution in [0.3, 0.4) is 0 Å². The predicted octanol–water partition coefficient (Wildman–Crippen LogP) is 1.81. The summed E-state index contributed by atoms with van der Waals surface area (Å²) in [6.07, 6.45) is 0. The first-order chi connectivity index (χ1) is 14.7. The Bertz CT molecular complexity index is 1040. The highest BCUT2D eigenvalue weighted by molar-refractivity contribution is 7.14. The molecule has 1 saturated heterocycles. The average molecular weight is 420 g/mol. The van der Waals surface area contributed by atoms with Gasteiger partial charge in [0.2, 0.25) is 0 Å². The second-order valence-electron chi connectivity index (χ2n) is 7.68. The van der Waals surface area contributed by atoms with Crippen LogP contribution in [0.2, 0.25) is 0 Å². The van der Waals surface area contributed by atoms with Gasteiger partial charge in [0, 0.05) is 10.9 Å². The third kappa shape index (κ3) is 3.51. The average Bonchev–Trinajstić information content (AvgIpc) is 3.38. The van der Waals surface area contributed by atoms with Crippen molar-refractivity contribution >= 4 is 28.3 Å². The summed E-state index contributed by atoms with van der Waals surface area (Å²) in [6, 6.07) is 17.3. The Balaban J connectivity index is 1.15. The van der Waals surface area contributed by atoms with E-state index in [4.69, 9.17) is 4.98 Å². The Hall–Kier alpha value is -3.03. The number of carbonyl (C=O) groups is 2. The number of amides is 2. The lowest BCUT2D eigenvalue weighted by molar-refractivity contribution is -0.899. The molecule has 0 unspecified atom stereocenters. The Kier molecular flexibility index (Phi) is 5.06. The first-order valence-corrected chi connectivity index (χ1v) is 11.1. The molecule has 1 fully saturated rings. The van der Waals surface area contributed by atoms with Crippen LogP contribution in [-0.2, 0) is 0 Å². The van der Waals surface area contributed by atoms with E-state index in [1.54, 1.807) is 35.6 Å².